The summed E-state index contributed by atoms with van der Waals surface area (Å²) in [5.41, 5.74) is 0.982. The lowest BCUT2D eigenvalue weighted by Crippen LogP contribution is -2.41. The Morgan fingerprint density at radius 1 is 1.17 bits per heavy atom. The molecule has 24 heavy (non-hydrogen) atoms. The fourth-order valence-corrected chi connectivity index (χ4v) is 2.99. The summed E-state index contributed by atoms with van der Waals surface area (Å²) in [6.45, 7) is 0. The van der Waals surface area contributed by atoms with E-state index in [1.165, 1.54) is 12.1 Å². The quantitative estimate of drug-likeness (QED) is 0.859. The van der Waals surface area contributed by atoms with Crippen LogP contribution in [0.5, 0.6) is 0 Å². The smallest absolute Gasteiger partial charge is 0.391 e. The molecule has 0 unspecified atom stereocenters. The predicted molar refractivity (Wildman–Crippen MR) is 81.7 cm³/mol. The minimum atomic E-state index is -4.20. The molecule has 0 heterocycles. The summed E-state index contributed by atoms with van der Waals surface area (Å²) >= 11 is 0. The Balaban J connectivity index is 1.79. The second-order valence-corrected chi connectivity index (χ2v) is 6.17. The van der Waals surface area contributed by atoms with Crippen molar-refractivity contribution in [2.45, 2.75) is 50.7 Å². The fourth-order valence-electron chi connectivity index (χ4n) is 2.99. The third kappa shape index (κ3) is 5.25. The van der Waals surface area contributed by atoms with Crippen molar-refractivity contribution in [3.05, 3.63) is 35.4 Å². The van der Waals surface area contributed by atoms with Crippen molar-refractivity contribution >= 4 is 11.9 Å². The number of carbonyl (C=O) groups excluding carboxylic acids is 1. The zero-order valence-electron chi connectivity index (χ0n) is 13.1. The molecule has 1 aliphatic carbocycles. The van der Waals surface area contributed by atoms with Gasteiger partial charge in [-0.3, -0.25) is 4.79 Å². The van der Waals surface area contributed by atoms with Crippen LogP contribution in [0.3, 0.4) is 0 Å². The number of carboxylic acids is 1. The van der Waals surface area contributed by atoms with Crippen LogP contribution in [0.4, 0.5) is 13.2 Å². The van der Waals surface area contributed by atoms with Crippen molar-refractivity contribution in [1.29, 1.82) is 0 Å². The highest BCUT2D eigenvalue weighted by Crippen LogP contribution is 2.37. The molecule has 1 amide bonds. The molecule has 1 saturated carbocycles. The van der Waals surface area contributed by atoms with Gasteiger partial charge in [-0.15, -0.1) is 0 Å². The number of nitrogens with one attached hydrogen (secondary N) is 1. The minimum absolute atomic E-state index is 0.0530. The van der Waals surface area contributed by atoms with Gasteiger partial charge in [-0.05, 0) is 43.4 Å². The molecule has 2 atom stereocenters. The predicted octanol–water partition coefficient (Wildman–Crippen LogP) is 3.55. The summed E-state index contributed by atoms with van der Waals surface area (Å²) in [6, 6.07) is 5.77. The van der Waals surface area contributed by atoms with E-state index in [2.05, 4.69) is 5.32 Å². The maximum Gasteiger partial charge on any atom is 0.391 e. The SMILES string of the molecule is O=C(CCc1ccc(C(=O)O)cc1)N[C@H]1CCC[C@H](C(F)(F)F)C1. The van der Waals surface area contributed by atoms with E-state index in [4.69, 9.17) is 5.11 Å². The van der Waals surface area contributed by atoms with Crippen molar-refractivity contribution in [3.63, 3.8) is 0 Å². The highest BCUT2D eigenvalue weighted by Gasteiger charge is 2.42. The average Bonchev–Trinajstić information content (AvgIpc) is 2.53. The molecular weight excluding hydrogens is 323 g/mol. The lowest BCUT2D eigenvalue weighted by molar-refractivity contribution is -0.184. The first kappa shape index (κ1) is 18.3. The molecule has 1 fully saturated rings. The molecule has 0 aliphatic heterocycles. The number of hydrogen-bond donors (Lipinski definition) is 2. The largest absolute Gasteiger partial charge is 0.478 e. The molecular formula is C17H20F3NO3. The molecule has 1 aliphatic rings. The molecule has 1 aromatic carbocycles. The lowest BCUT2D eigenvalue weighted by Gasteiger charge is -2.31. The van der Waals surface area contributed by atoms with Gasteiger partial charge < -0.3 is 10.4 Å². The zero-order chi connectivity index (χ0) is 17.7. The lowest BCUT2D eigenvalue weighted by atomic mass is 9.85. The van der Waals surface area contributed by atoms with Crippen LogP contribution < -0.4 is 5.32 Å². The number of rotatable bonds is 5. The normalized spacial score (nSPS) is 21.3. The van der Waals surface area contributed by atoms with Gasteiger partial charge in [-0.1, -0.05) is 18.6 Å². The van der Waals surface area contributed by atoms with Crippen LogP contribution in [-0.2, 0) is 11.2 Å². The van der Waals surface area contributed by atoms with E-state index < -0.39 is 24.1 Å². The van der Waals surface area contributed by atoms with Gasteiger partial charge in [0.05, 0.1) is 11.5 Å². The van der Waals surface area contributed by atoms with Gasteiger partial charge in [0.2, 0.25) is 5.91 Å². The Morgan fingerprint density at radius 2 is 1.83 bits per heavy atom. The summed E-state index contributed by atoms with van der Waals surface area (Å²) in [4.78, 5) is 22.7. The van der Waals surface area contributed by atoms with Crippen LogP contribution in [0.2, 0.25) is 0 Å². The highest BCUT2D eigenvalue weighted by atomic mass is 19.4. The van der Waals surface area contributed by atoms with E-state index in [-0.39, 0.29) is 30.7 Å². The summed E-state index contributed by atoms with van der Waals surface area (Å²) < 4.78 is 38.3. The van der Waals surface area contributed by atoms with Gasteiger partial charge in [-0.25, -0.2) is 4.79 Å². The van der Waals surface area contributed by atoms with Crippen LogP contribution in [0, 0.1) is 5.92 Å². The summed E-state index contributed by atoms with van der Waals surface area (Å²) in [5, 5.41) is 11.5. The van der Waals surface area contributed by atoms with E-state index in [1.54, 1.807) is 12.1 Å². The zero-order valence-corrected chi connectivity index (χ0v) is 13.1. The van der Waals surface area contributed by atoms with E-state index >= 15 is 0 Å². The molecule has 2 N–H and O–H groups in total. The fraction of sp³-hybridized carbons (Fsp3) is 0.529. The van der Waals surface area contributed by atoms with Crippen molar-refractivity contribution in [2.75, 3.05) is 0 Å². The van der Waals surface area contributed by atoms with Gasteiger partial charge in [-0.2, -0.15) is 13.2 Å². The van der Waals surface area contributed by atoms with Crippen molar-refractivity contribution in [1.82, 2.24) is 5.32 Å². The van der Waals surface area contributed by atoms with Crippen molar-refractivity contribution < 1.29 is 27.9 Å². The summed E-state index contributed by atoms with van der Waals surface area (Å²) in [5.74, 6) is -2.62. The molecule has 2 rings (SSSR count). The Labute approximate surface area is 138 Å². The molecule has 1 aromatic rings. The molecule has 0 bridgehead atoms. The standard InChI is InChI=1S/C17H20F3NO3/c18-17(19,20)13-2-1-3-14(10-13)21-15(22)9-6-11-4-7-12(8-5-11)16(23)24/h4-5,7-8,13-14H,1-3,6,9-10H2,(H,21,22)(H,23,24)/t13-,14-/m0/s1. The van der Waals surface area contributed by atoms with Crippen LogP contribution in [0.1, 0.15) is 48.0 Å². The second-order valence-electron chi connectivity index (χ2n) is 6.17. The first-order valence-electron chi connectivity index (χ1n) is 7.94. The third-order valence-electron chi connectivity index (χ3n) is 4.34. The first-order valence-corrected chi connectivity index (χ1v) is 7.94. The Morgan fingerprint density at radius 3 is 2.42 bits per heavy atom. The van der Waals surface area contributed by atoms with Gasteiger partial charge in [0, 0.05) is 12.5 Å². The first-order chi connectivity index (χ1) is 11.3. The minimum Gasteiger partial charge on any atom is -0.478 e. The van der Waals surface area contributed by atoms with E-state index in [0.717, 1.165) is 5.56 Å². The number of carbonyl (C=O) groups is 2. The van der Waals surface area contributed by atoms with Crippen LogP contribution >= 0.6 is 0 Å². The van der Waals surface area contributed by atoms with E-state index in [9.17, 15) is 22.8 Å². The molecule has 132 valence electrons. The topological polar surface area (TPSA) is 66.4 Å². The number of alkyl halides is 3. The summed E-state index contributed by atoms with van der Waals surface area (Å²) in [7, 11) is 0. The van der Waals surface area contributed by atoms with Gasteiger partial charge in [0.25, 0.3) is 0 Å². The van der Waals surface area contributed by atoms with Gasteiger partial charge in [0.15, 0.2) is 0 Å². The molecule has 0 aromatic heterocycles. The maximum absolute atomic E-state index is 12.8. The summed E-state index contributed by atoms with van der Waals surface area (Å²) in [6.07, 6.45) is -2.50. The Kier molecular flexibility index (Phi) is 5.85. The molecule has 7 heteroatoms. The number of carboxylic acid groups (broad SMARTS) is 1. The van der Waals surface area contributed by atoms with Gasteiger partial charge in [0.1, 0.15) is 0 Å². The van der Waals surface area contributed by atoms with Crippen LogP contribution in [-0.4, -0.2) is 29.2 Å². The second kappa shape index (κ2) is 7.68. The monoisotopic (exact) mass is 343 g/mol. The molecule has 4 nitrogen and oxygen atoms in total. The number of aryl methyl sites for hydroxylation is 1. The van der Waals surface area contributed by atoms with Crippen LogP contribution in [0.15, 0.2) is 24.3 Å². The average molecular weight is 343 g/mol. The Bertz CT molecular complexity index is 584. The van der Waals surface area contributed by atoms with Crippen molar-refractivity contribution in [3.8, 4) is 0 Å². The number of amides is 1. The highest BCUT2D eigenvalue weighted by molar-refractivity contribution is 5.87. The van der Waals surface area contributed by atoms with Crippen LogP contribution in [0.25, 0.3) is 0 Å². The molecule has 0 spiro atoms. The third-order valence-corrected chi connectivity index (χ3v) is 4.34. The number of halogens is 3. The maximum atomic E-state index is 12.8. The van der Waals surface area contributed by atoms with E-state index in [1.807, 2.05) is 0 Å². The number of aromatic carboxylic acids is 1. The number of benzene rings is 1. The van der Waals surface area contributed by atoms with Crippen molar-refractivity contribution in [2.24, 2.45) is 5.92 Å². The molecule has 0 saturated heterocycles. The van der Waals surface area contributed by atoms with E-state index in [0.29, 0.717) is 19.3 Å². The van der Waals surface area contributed by atoms with Gasteiger partial charge >= 0.3 is 12.1 Å². The number of hydrogen-bond acceptors (Lipinski definition) is 2. The molecule has 0 radical (unpaired) electrons. The Hall–Kier alpha value is -2.05.